The van der Waals surface area contributed by atoms with Gasteiger partial charge in [-0.3, -0.25) is 0 Å². The molecular formula is C9H14IN. The topological polar surface area (TPSA) is 3.88 Å². The average Bonchev–Trinajstić information content (AvgIpc) is 1.95. The third-order valence-electron chi connectivity index (χ3n) is 1.86. The molecule has 1 heterocycles. The van der Waals surface area contributed by atoms with Gasteiger partial charge in [0.05, 0.1) is 0 Å². The van der Waals surface area contributed by atoms with Gasteiger partial charge < -0.3 is 24.0 Å². The van der Waals surface area contributed by atoms with E-state index in [2.05, 4.69) is 43.8 Å². The Balaban J connectivity index is 0.000001000. The van der Waals surface area contributed by atoms with Crippen molar-refractivity contribution in [1.82, 2.24) is 0 Å². The maximum atomic E-state index is 2.18. The molecule has 1 rings (SSSR count). The van der Waals surface area contributed by atoms with Gasteiger partial charge in [0.15, 0.2) is 12.4 Å². The fourth-order valence-electron chi connectivity index (χ4n) is 0.929. The Morgan fingerprint density at radius 3 is 2.36 bits per heavy atom. The molecule has 0 N–H and O–H groups in total. The molecule has 0 fully saturated rings. The Hall–Kier alpha value is -0.120. The minimum Gasteiger partial charge on any atom is -1.00 e. The van der Waals surface area contributed by atoms with Crippen molar-refractivity contribution in [2.75, 3.05) is 0 Å². The molecule has 0 aliphatic heterocycles. The summed E-state index contributed by atoms with van der Waals surface area (Å²) in [5, 5.41) is 0. The molecule has 0 saturated heterocycles. The zero-order chi connectivity index (χ0) is 7.56. The summed E-state index contributed by atoms with van der Waals surface area (Å²) in [6.45, 7) is 7.48. The van der Waals surface area contributed by atoms with E-state index in [1.807, 2.05) is 0 Å². The standard InChI is InChI=1S/C9H14N.HI/c1-4-10-6-5-8(2)9(3)7-10;/h5-7H,4H2,1-3H3;1H/q+1;/p-1. The van der Waals surface area contributed by atoms with E-state index >= 15 is 0 Å². The summed E-state index contributed by atoms with van der Waals surface area (Å²) >= 11 is 0. The molecule has 0 atom stereocenters. The van der Waals surface area contributed by atoms with E-state index in [-0.39, 0.29) is 24.0 Å². The summed E-state index contributed by atoms with van der Waals surface area (Å²) in [6, 6.07) is 2.15. The van der Waals surface area contributed by atoms with E-state index < -0.39 is 0 Å². The molecule has 2 heteroatoms. The lowest BCUT2D eigenvalue weighted by molar-refractivity contribution is -0.693. The average molecular weight is 263 g/mol. The third-order valence-corrected chi connectivity index (χ3v) is 1.86. The Kier molecular flexibility index (Phi) is 4.65. The van der Waals surface area contributed by atoms with Crippen LogP contribution in [0.15, 0.2) is 18.5 Å². The first-order valence-electron chi connectivity index (χ1n) is 3.70. The van der Waals surface area contributed by atoms with E-state index in [9.17, 15) is 0 Å². The Labute approximate surface area is 85.5 Å². The number of aryl methyl sites for hydroxylation is 3. The second kappa shape index (κ2) is 4.70. The lowest BCUT2D eigenvalue weighted by Gasteiger charge is -1.96. The maximum absolute atomic E-state index is 2.18. The Morgan fingerprint density at radius 1 is 1.27 bits per heavy atom. The van der Waals surface area contributed by atoms with Crippen molar-refractivity contribution < 1.29 is 28.5 Å². The van der Waals surface area contributed by atoms with Crippen molar-refractivity contribution in [3.63, 3.8) is 0 Å². The van der Waals surface area contributed by atoms with Crippen LogP contribution in [0.1, 0.15) is 18.1 Å². The van der Waals surface area contributed by atoms with Gasteiger partial charge >= 0.3 is 0 Å². The summed E-state index contributed by atoms with van der Waals surface area (Å²) in [7, 11) is 0. The normalized spacial score (nSPS) is 9.00. The maximum Gasteiger partial charge on any atom is 0.171 e. The largest absolute Gasteiger partial charge is 1.00 e. The second-order valence-corrected chi connectivity index (χ2v) is 2.64. The Morgan fingerprint density at radius 2 is 1.91 bits per heavy atom. The highest BCUT2D eigenvalue weighted by Crippen LogP contribution is 1.99. The number of hydrogen-bond donors (Lipinski definition) is 0. The van der Waals surface area contributed by atoms with Crippen LogP contribution in [0.25, 0.3) is 0 Å². The van der Waals surface area contributed by atoms with Gasteiger partial charge in [0, 0.05) is 11.6 Å². The fourth-order valence-corrected chi connectivity index (χ4v) is 0.929. The van der Waals surface area contributed by atoms with Gasteiger partial charge in [-0.25, -0.2) is 4.57 Å². The molecule has 1 nitrogen and oxygen atoms in total. The molecule has 1 aromatic rings. The van der Waals surface area contributed by atoms with Crippen LogP contribution >= 0.6 is 0 Å². The molecule has 0 unspecified atom stereocenters. The number of nitrogens with zero attached hydrogens (tertiary/aromatic N) is 1. The lowest BCUT2D eigenvalue weighted by atomic mass is 10.2. The molecule has 0 radical (unpaired) electrons. The third kappa shape index (κ3) is 2.77. The minimum atomic E-state index is 0. The van der Waals surface area contributed by atoms with E-state index in [1.54, 1.807) is 0 Å². The van der Waals surface area contributed by atoms with Gasteiger partial charge in [-0.1, -0.05) is 0 Å². The zero-order valence-electron chi connectivity index (χ0n) is 7.26. The van der Waals surface area contributed by atoms with Crippen LogP contribution in [0.2, 0.25) is 0 Å². The quantitative estimate of drug-likeness (QED) is 0.434. The first-order chi connectivity index (χ1) is 4.74. The van der Waals surface area contributed by atoms with Gasteiger partial charge in [0.1, 0.15) is 6.54 Å². The lowest BCUT2D eigenvalue weighted by Crippen LogP contribution is -3.00. The van der Waals surface area contributed by atoms with E-state index in [1.165, 1.54) is 11.1 Å². The van der Waals surface area contributed by atoms with Crippen LogP contribution < -0.4 is 28.5 Å². The molecule has 0 aliphatic carbocycles. The highest BCUT2D eigenvalue weighted by atomic mass is 127. The number of pyridine rings is 1. The SMILES string of the molecule is CC[n+]1ccc(C)c(C)c1.[I-]. The number of hydrogen-bond acceptors (Lipinski definition) is 0. The smallest absolute Gasteiger partial charge is 0.171 e. The molecule has 0 bridgehead atoms. The van der Waals surface area contributed by atoms with Gasteiger partial charge in [-0.05, 0) is 26.3 Å². The zero-order valence-corrected chi connectivity index (χ0v) is 9.42. The summed E-state index contributed by atoms with van der Waals surface area (Å²) in [6.07, 6.45) is 4.29. The molecule has 11 heavy (non-hydrogen) atoms. The van der Waals surface area contributed by atoms with Crippen LogP contribution in [0.4, 0.5) is 0 Å². The van der Waals surface area contributed by atoms with Crippen molar-refractivity contribution >= 4 is 0 Å². The first-order valence-corrected chi connectivity index (χ1v) is 3.70. The van der Waals surface area contributed by atoms with Crippen LogP contribution in [0.5, 0.6) is 0 Å². The van der Waals surface area contributed by atoms with Crippen molar-refractivity contribution in [3.05, 3.63) is 29.6 Å². The first kappa shape index (κ1) is 10.9. The highest BCUT2D eigenvalue weighted by Gasteiger charge is 1.98. The summed E-state index contributed by atoms with van der Waals surface area (Å²) in [5.41, 5.74) is 2.73. The molecule has 1 aromatic heterocycles. The number of rotatable bonds is 1. The van der Waals surface area contributed by atoms with Crippen LogP contribution in [-0.2, 0) is 6.54 Å². The summed E-state index contributed by atoms with van der Waals surface area (Å²) < 4.78 is 2.18. The second-order valence-electron chi connectivity index (χ2n) is 2.64. The molecular weight excluding hydrogens is 249 g/mol. The predicted octanol–water partition coefficient (Wildman–Crippen LogP) is -1.39. The number of halogens is 1. The van der Waals surface area contributed by atoms with Crippen LogP contribution in [-0.4, -0.2) is 0 Å². The van der Waals surface area contributed by atoms with Crippen molar-refractivity contribution in [2.45, 2.75) is 27.3 Å². The van der Waals surface area contributed by atoms with E-state index in [0.717, 1.165) is 6.54 Å². The molecule has 62 valence electrons. The van der Waals surface area contributed by atoms with Crippen molar-refractivity contribution in [2.24, 2.45) is 0 Å². The van der Waals surface area contributed by atoms with Gasteiger partial charge in [0.25, 0.3) is 0 Å². The van der Waals surface area contributed by atoms with Gasteiger partial charge in [-0.15, -0.1) is 0 Å². The summed E-state index contributed by atoms with van der Waals surface area (Å²) in [4.78, 5) is 0. The Bertz CT molecular complexity index is 233. The molecule has 0 aromatic carbocycles. The van der Waals surface area contributed by atoms with Gasteiger partial charge in [-0.2, -0.15) is 0 Å². The monoisotopic (exact) mass is 263 g/mol. The van der Waals surface area contributed by atoms with Crippen molar-refractivity contribution in [3.8, 4) is 0 Å². The molecule has 0 amide bonds. The van der Waals surface area contributed by atoms with Crippen molar-refractivity contribution in [1.29, 1.82) is 0 Å². The predicted molar refractivity (Wildman–Crippen MR) is 41.8 cm³/mol. The highest BCUT2D eigenvalue weighted by molar-refractivity contribution is 5.16. The van der Waals surface area contributed by atoms with Crippen LogP contribution in [0.3, 0.4) is 0 Å². The minimum absolute atomic E-state index is 0. The molecule has 0 saturated carbocycles. The molecule has 0 aliphatic rings. The fraction of sp³-hybridized carbons (Fsp3) is 0.444. The van der Waals surface area contributed by atoms with E-state index in [0.29, 0.717) is 0 Å². The van der Waals surface area contributed by atoms with Crippen LogP contribution in [0, 0.1) is 13.8 Å². The summed E-state index contributed by atoms with van der Waals surface area (Å²) in [5.74, 6) is 0. The number of aromatic nitrogens is 1. The van der Waals surface area contributed by atoms with E-state index in [4.69, 9.17) is 0 Å². The molecule has 0 spiro atoms. The van der Waals surface area contributed by atoms with Gasteiger partial charge in [0.2, 0.25) is 0 Å².